The number of carboxylic acids is 1. The number of benzene rings is 4. The molecule has 1 amide bonds. The van der Waals surface area contributed by atoms with Crippen molar-refractivity contribution in [3.8, 4) is 5.75 Å². The number of methoxy groups -OCH3 is 1. The molecule has 2 saturated heterocycles. The summed E-state index contributed by atoms with van der Waals surface area (Å²) >= 11 is 6.49. The first kappa shape index (κ1) is 27.2. The van der Waals surface area contributed by atoms with Crippen molar-refractivity contribution in [1.29, 1.82) is 0 Å². The first-order valence-electron chi connectivity index (χ1n) is 13.9. The molecule has 2 fully saturated rings. The highest BCUT2D eigenvalue weighted by atomic mass is 35.5. The van der Waals surface area contributed by atoms with E-state index >= 15 is 0 Å². The number of nitrogens with one attached hydrogen (secondary N) is 1. The van der Waals surface area contributed by atoms with Crippen molar-refractivity contribution < 1.29 is 29.0 Å². The second-order valence-corrected chi connectivity index (χ2v) is 11.5. The number of amides is 1. The number of nitrogens with zero attached hydrogens (tertiary/aromatic N) is 1. The first-order chi connectivity index (χ1) is 20.9. The van der Waals surface area contributed by atoms with Gasteiger partial charge < -0.3 is 19.9 Å². The fourth-order valence-electron chi connectivity index (χ4n) is 7.33. The molecule has 0 aliphatic carbocycles. The Bertz CT molecular complexity index is 1730. The SMILES string of the molecule is COc1ccc([C@H]2N3[C@H](C(=O)O[C@H](c4ccccc4)[C@@H]3c3ccccc3)[C@@H](C(=O)O)[C@]23C(=O)Nc2ccc(Cl)cc23)cc1. The number of carboxylic acid groups (broad SMARTS) is 1. The quantitative estimate of drug-likeness (QED) is 0.285. The molecular formula is C34H27ClN2O6. The molecule has 3 aliphatic heterocycles. The molecule has 0 radical (unpaired) electrons. The third-order valence-corrected chi connectivity index (χ3v) is 9.20. The van der Waals surface area contributed by atoms with Gasteiger partial charge in [0.25, 0.3) is 0 Å². The van der Waals surface area contributed by atoms with Gasteiger partial charge in [-0.3, -0.25) is 19.3 Å². The van der Waals surface area contributed by atoms with Crippen molar-refractivity contribution in [2.45, 2.75) is 29.6 Å². The molecule has 0 aromatic heterocycles. The van der Waals surface area contributed by atoms with Gasteiger partial charge in [0.05, 0.1) is 19.2 Å². The summed E-state index contributed by atoms with van der Waals surface area (Å²) in [5.74, 6) is -3.39. The van der Waals surface area contributed by atoms with Crippen LogP contribution in [0.15, 0.2) is 103 Å². The molecule has 3 heterocycles. The van der Waals surface area contributed by atoms with E-state index in [2.05, 4.69) is 5.32 Å². The lowest BCUT2D eigenvalue weighted by atomic mass is 9.65. The zero-order valence-corrected chi connectivity index (χ0v) is 23.8. The van der Waals surface area contributed by atoms with E-state index in [-0.39, 0.29) is 0 Å². The molecule has 43 heavy (non-hydrogen) atoms. The number of carbonyl (C=O) groups excluding carboxylic acids is 2. The highest BCUT2D eigenvalue weighted by Crippen LogP contribution is 2.64. The molecule has 0 bridgehead atoms. The number of anilines is 1. The van der Waals surface area contributed by atoms with Crippen molar-refractivity contribution in [3.63, 3.8) is 0 Å². The van der Waals surface area contributed by atoms with Gasteiger partial charge in [-0.25, -0.2) is 0 Å². The molecule has 216 valence electrons. The van der Waals surface area contributed by atoms with Crippen molar-refractivity contribution >= 4 is 35.1 Å². The Balaban J connectivity index is 1.56. The molecule has 4 aromatic carbocycles. The molecule has 6 atom stereocenters. The van der Waals surface area contributed by atoms with Crippen LogP contribution in [0, 0.1) is 5.92 Å². The fourth-order valence-corrected chi connectivity index (χ4v) is 7.50. The maximum absolute atomic E-state index is 14.4. The highest BCUT2D eigenvalue weighted by molar-refractivity contribution is 6.31. The molecule has 0 unspecified atom stereocenters. The number of carbonyl (C=O) groups is 3. The van der Waals surface area contributed by atoms with Gasteiger partial charge >= 0.3 is 11.9 Å². The average molecular weight is 595 g/mol. The van der Waals surface area contributed by atoms with E-state index in [4.69, 9.17) is 21.1 Å². The van der Waals surface area contributed by atoms with E-state index < -0.39 is 53.4 Å². The van der Waals surface area contributed by atoms with Gasteiger partial charge in [0.1, 0.15) is 29.2 Å². The minimum atomic E-state index is -1.72. The lowest BCUT2D eigenvalue weighted by molar-refractivity contribution is -0.179. The Morgan fingerprint density at radius 2 is 1.53 bits per heavy atom. The Hall–Kier alpha value is -4.66. The van der Waals surface area contributed by atoms with Crippen LogP contribution >= 0.6 is 11.6 Å². The molecule has 2 N–H and O–H groups in total. The van der Waals surface area contributed by atoms with Gasteiger partial charge in [-0.2, -0.15) is 0 Å². The molecule has 1 spiro atoms. The first-order valence-corrected chi connectivity index (χ1v) is 14.3. The molecular weight excluding hydrogens is 568 g/mol. The maximum Gasteiger partial charge on any atom is 0.325 e. The van der Waals surface area contributed by atoms with Crippen molar-refractivity contribution in [2.75, 3.05) is 12.4 Å². The molecule has 8 nitrogen and oxygen atoms in total. The van der Waals surface area contributed by atoms with Gasteiger partial charge in [0.2, 0.25) is 5.91 Å². The van der Waals surface area contributed by atoms with Crippen molar-refractivity contribution in [3.05, 3.63) is 130 Å². The molecule has 0 saturated carbocycles. The lowest BCUT2D eigenvalue weighted by Crippen LogP contribution is -2.52. The number of ether oxygens (including phenoxy) is 2. The van der Waals surface area contributed by atoms with Crippen LogP contribution in [0.3, 0.4) is 0 Å². The number of morpholine rings is 1. The topological polar surface area (TPSA) is 105 Å². The zero-order valence-electron chi connectivity index (χ0n) is 23.0. The van der Waals surface area contributed by atoms with Crippen LogP contribution in [0.2, 0.25) is 5.02 Å². The van der Waals surface area contributed by atoms with Gasteiger partial charge in [-0.1, -0.05) is 84.4 Å². The van der Waals surface area contributed by atoms with Crippen LogP contribution in [0.1, 0.15) is 40.4 Å². The lowest BCUT2D eigenvalue weighted by Gasteiger charge is -2.46. The van der Waals surface area contributed by atoms with Crippen LogP contribution in [0.4, 0.5) is 5.69 Å². The van der Waals surface area contributed by atoms with Gasteiger partial charge in [0.15, 0.2) is 0 Å². The zero-order chi connectivity index (χ0) is 29.9. The Morgan fingerprint density at radius 3 is 2.16 bits per heavy atom. The maximum atomic E-state index is 14.4. The van der Waals surface area contributed by atoms with Crippen molar-refractivity contribution in [1.82, 2.24) is 4.90 Å². The molecule has 7 rings (SSSR count). The number of aliphatic carboxylic acids is 1. The minimum Gasteiger partial charge on any atom is -0.497 e. The monoisotopic (exact) mass is 594 g/mol. The summed E-state index contributed by atoms with van der Waals surface area (Å²) in [5, 5.41) is 14.2. The summed E-state index contributed by atoms with van der Waals surface area (Å²) in [6.07, 6.45) is -0.777. The summed E-state index contributed by atoms with van der Waals surface area (Å²) in [6.45, 7) is 0. The van der Waals surface area contributed by atoms with E-state index in [0.29, 0.717) is 27.6 Å². The number of hydrogen-bond acceptors (Lipinski definition) is 6. The van der Waals surface area contributed by atoms with Gasteiger partial charge in [-0.15, -0.1) is 0 Å². The van der Waals surface area contributed by atoms with Crippen LogP contribution < -0.4 is 10.1 Å². The number of halogens is 1. The van der Waals surface area contributed by atoms with Crippen LogP contribution in [0.5, 0.6) is 5.75 Å². The van der Waals surface area contributed by atoms with E-state index in [9.17, 15) is 19.5 Å². The minimum absolute atomic E-state index is 0.349. The summed E-state index contributed by atoms with van der Waals surface area (Å²) in [5.41, 5.74) is 1.40. The standard InChI is InChI=1S/C34H27ClN2O6/c1-42-23-15-12-21(13-16-23)30-34(24-18-22(35)14-17-25(24)36-33(34)41)26(31(38)39)28-32(40)43-29(20-10-6-3-7-11-20)27(37(28)30)19-8-4-2-5-9-19/h2-18,26-30H,1H3,(H,36,41)(H,38,39)/t26-,27-,28-,29+,30+,34-/m0/s1. The number of esters is 1. The summed E-state index contributed by atoms with van der Waals surface area (Å²) in [6, 6.07) is 28.2. The highest BCUT2D eigenvalue weighted by Gasteiger charge is 2.74. The predicted molar refractivity (Wildman–Crippen MR) is 159 cm³/mol. The third-order valence-electron chi connectivity index (χ3n) is 8.97. The van der Waals surface area contributed by atoms with E-state index in [1.54, 1.807) is 37.4 Å². The van der Waals surface area contributed by atoms with Crippen molar-refractivity contribution in [2.24, 2.45) is 5.92 Å². The summed E-state index contributed by atoms with van der Waals surface area (Å²) in [4.78, 5) is 43.9. The number of fused-ring (bicyclic) bond motifs is 3. The summed E-state index contributed by atoms with van der Waals surface area (Å²) < 4.78 is 11.6. The number of rotatable bonds is 5. The van der Waals surface area contributed by atoms with Gasteiger partial charge in [0, 0.05) is 10.7 Å². The second-order valence-electron chi connectivity index (χ2n) is 11.0. The fraction of sp³-hybridized carbons (Fsp3) is 0.206. The molecule has 3 aliphatic rings. The predicted octanol–water partition coefficient (Wildman–Crippen LogP) is 5.70. The number of hydrogen-bond donors (Lipinski definition) is 2. The van der Waals surface area contributed by atoms with E-state index in [1.807, 2.05) is 77.7 Å². The second kappa shape index (κ2) is 10.3. The summed E-state index contributed by atoms with van der Waals surface area (Å²) in [7, 11) is 1.56. The van der Waals surface area contributed by atoms with Gasteiger partial charge in [-0.05, 0) is 52.6 Å². The van der Waals surface area contributed by atoms with Crippen LogP contribution in [-0.2, 0) is 24.5 Å². The number of cyclic esters (lactones) is 1. The Labute approximate surface area is 252 Å². The van der Waals surface area contributed by atoms with E-state index in [0.717, 1.165) is 11.1 Å². The largest absolute Gasteiger partial charge is 0.497 e. The van der Waals surface area contributed by atoms with E-state index in [1.165, 1.54) is 0 Å². The van der Waals surface area contributed by atoms with Crippen LogP contribution in [0.25, 0.3) is 0 Å². The normalized spacial score (nSPS) is 27.7. The third kappa shape index (κ3) is 3.97. The smallest absolute Gasteiger partial charge is 0.325 e. The molecule has 9 heteroatoms. The molecule has 4 aromatic rings. The Morgan fingerprint density at radius 1 is 0.884 bits per heavy atom. The average Bonchev–Trinajstić information content (AvgIpc) is 3.50. The van der Waals surface area contributed by atoms with Crippen LogP contribution in [-0.4, -0.2) is 41.0 Å². The Kier molecular flexibility index (Phi) is 6.49.